The molecule has 0 aromatic heterocycles. The summed E-state index contributed by atoms with van der Waals surface area (Å²) in [6.07, 6.45) is -2.90. The molecule has 0 aliphatic carbocycles. The number of carboxylic acid groups (broad SMARTS) is 3. The van der Waals surface area contributed by atoms with Crippen molar-refractivity contribution >= 4 is 77.1 Å². The first-order valence-corrected chi connectivity index (χ1v) is 22.0. The molecule has 0 rings (SSSR count). The van der Waals surface area contributed by atoms with Crippen molar-refractivity contribution in [3.8, 4) is 0 Å². The first-order chi connectivity index (χ1) is 32.1. The van der Waals surface area contributed by atoms with E-state index in [1.54, 1.807) is 27.7 Å². The molecule has 0 spiro atoms. The largest absolute Gasteiger partial charge is 0.481 e. The van der Waals surface area contributed by atoms with E-state index in [1.165, 1.54) is 0 Å². The minimum Gasteiger partial charge on any atom is -0.481 e. The summed E-state index contributed by atoms with van der Waals surface area (Å²) < 4.78 is 0. The summed E-state index contributed by atoms with van der Waals surface area (Å²) in [7, 11) is 0. The van der Waals surface area contributed by atoms with Crippen molar-refractivity contribution in [1.29, 1.82) is 0 Å². The molecule has 0 saturated carbocycles. The third kappa shape index (κ3) is 25.5. The Morgan fingerprint density at radius 1 is 0.493 bits per heavy atom. The third-order valence-electron chi connectivity index (χ3n) is 10.1. The van der Waals surface area contributed by atoms with Gasteiger partial charge in [0.25, 0.3) is 0 Å². The normalized spacial score (nSPS) is 14.8. The van der Waals surface area contributed by atoms with Crippen molar-refractivity contribution in [3.05, 3.63) is 0 Å². The molecule has 0 aliphatic rings. The molecule has 0 heterocycles. The Hall–Kier alpha value is -7.17. The second-order valence-electron chi connectivity index (χ2n) is 16.6. The van der Waals surface area contributed by atoms with Gasteiger partial charge in [-0.15, -0.1) is 0 Å². The molecule has 0 aromatic rings. The minimum atomic E-state index is -2.03. The van der Waals surface area contributed by atoms with Crippen molar-refractivity contribution in [2.45, 2.75) is 147 Å². The number of nitrogens with one attached hydrogen (secondary N) is 8. The molecule has 21 N–H and O–H groups in total. The molecule has 29 heteroatoms. The number of amides is 11. The van der Waals surface area contributed by atoms with Crippen molar-refractivity contribution in [3.63, 3.8) is 0 Å². The van der Waals surface area contributed by atoms with E-state index >= 15 is 0 Å². The molecule has 0 saturated heterocycles. The number of carbonyl (C=O) groups excluding carboxylic acids is 10. The van der Waals surface area contributed by atoms with Gasteiger partial charge in [-0.2, -0.15) is 0 Å². The van der Waals surface area contributed by atoms with E-state index in [0.29, 0.717) is 19.4 Å². The fourth-order valence-corrected chi connectivity index (χ4v) is 6.29. The number of primary amides is 3. The van der Waals surface area contributed by atoms with Crippen LogP contribution in [-0.4, -0.2) is 154 Å². The summed E-state index contributed by atoms with van der Waals surface area (Å²) in [5.74, 6) is -16.1. The van der Waals surface area contributed by atoms with Crippen molar-refractivity contribution in [1.82, 2.24) is 42.5 Å². The molecule has 0 unspecified atom stereocenters. The standard InChI is InChI=1S/C40H69N13O16/c1-5-19(4)31(53-37(65)25(17-30(58)59)48-32(60)20(42)9-6-7-11-41)38(66)47-21(10-8-12-46-40(45)69)33(61)49-22(13-18(2)3)34(62)51-24(16-29(56)57)36(64)50-23(14-27(43)54)35(63)52-26(39(67)68)15-28(44)55/h18-26,31H,5-17,41-42H2,1-4H3,(H2,43,54)(H2,44,55)(H,47,66)(H,48,60)(H,49,61)(H,50,64)(H,51,62)(H,52,63)(H,53,65)(H,56,57)(H,58,59)(H,67,68)(H3,45,46,69)/t19-,20-,21-,22-,23-,24-,25-,26-,31-/m0/s1. The van der Waals surface area contributed by atoms with E-state index in [1.807, 2.05) is 10.6 Å². The topological polar surface area (TPSA) is 509 Å². The summed E-state index contributed by atoms with van der Waals surface area (Å²) in [5.41, 5.74) is 26.8. The Labute approximate surface area is 397 Å². The number of nitrogens with two attached hydrogens (primary N) is 5. The number of carbonyl (C=O) groups is 13. The number of rotatable bonds is 35. The zero-order valence-electron chi connectivity index (χ0n) is 39.0. The molecule has 0 radical (unpaired) electrons. The molecule has 11 amide bonds. The van der Waals surface area contributed by atoms with Crippen LogP contribution in [0.2, 0.25) is 0 Å². The van der Waals surface area contributed by atoms with Crippen LogP contribution in [0, 0.1) is 11.8 Å². The van der Waals surface area contributed by atoms with Crippen LogP contribution < -0.4 is 71.2 Å². The van der Waals surface area contributed by atoms with Crippen molar-refractivity contribution in [2.75, 3.05) is 13.1 Å². The summed E-state index contributed by atoms with van der Waals surface area (Å²) in [4.78, 5) is 164. The van der Waals surface area contributed by atoms with E-state index in [4.69, 9.17) is 28.7 Å². The number of carboxylic acids is 3. The maximum Gasteiger partial charge on any atom is 0.326 e. The van der Waals surface area contributed by atoms with Gasteiger partial charge in [0.05, 0.1) is 31.7 Å². The quantitative estimate of drug-likeness (QED) is 0.0263. The van der Waals surface area contributed by atoms with Crippen LogP contribution in [0.3, 0.4) is 0 Å². The molecule has 69 heavy (non-hydrogen) atoms. The smallest absolute Gasteiger partial charge is 0.326 e. The van der Waals surface area contributed by atoms with Crippen LogP contribution >= 0.6 is 0 Å². The Kier molecular flexibility index (Phi) is 28.4. The Morgan fingerprint density at radius 2 is 0.913 bits per heavy atom. The Bertz CT molecular complexity index is 1850. The summed E-state index contributed by atoms with van der Waals surface area (Å²) in [6.45, 7) is 6.71. The number of hydrogen-bond donors (Lipinski definition) is 16. The van der Waals surface area contributed by atoms with Crippen LogP contribution in [0.25, 0.3) is 0 Å². The van der Waals surface area contributed by atoms with Gasteiger partial charge >= 0.3 is 23.9 Å². The maximum atomic E-state index is 14.1. The van der Waals surface area contributed by atoms with Gasteiger partial charge in [-0.1, -0.05) is 40.5 Å². The summed E-state index contributed by atoms with van der Waals surface area (Å²) >= 11 is 0. The van der Waals surface area contributed by atoms with E-state index < -0.39 is 163 Å². The van der Waals surface area contributed by atoms with Crippen LogP contribution in [0.5, 0.6) is 0 Å². The van der Waals surface area contributed by atoms with Gasteiger partial charge in [-0.25, -0.2) is 9.59 Å². The molecule has 0 aromatic carbocycles. The third-order valence-corrected chi connectivity index (χ3v) is 10.1. The second-order valence-corrected chi connectivity index (χ2v) is 16.6. The highest BCUT2D eigenvalue weighted by atomic mass is 16.4. The maximum absolute atomic E-state index is 14.1. The van der Waals surface area contributed by atoms with Crippen LogP contribution in [0.4, 0.5) is 4.79 Å². The lowest BCUT2D eigenvalue weighted by molar-refractivity contribution is -0.144. The number of urea groups is 1. The van der Waals surface area contributed by atoms with Crippen LogP contribution in [0.1, 0.15) is 98.3 Å². The highest BCUT2D eigenvalue weighted by Gasteiger charge is 2.37. The lowest BCUT2D eigenvalue weighted by Gasteiger charge is -2.29. The predicted molar refractivity (Wildman–Crippen MR) is 240 cm³/mol. The van der Waals surface area contributed by atoms with Gasteiger partial charge in [0.15, 0.2) is 0 Å². The first-order valence-electron chi connectivity index (χ1n) is 22.0. The predicted octanol–water partition coefficient (Wildman–Crippen LogP) is -5.84. The lowest BCUT2D eigenvalue weighted by atomic mass is 9.96. The van der Waals surface area contributed by atoms with E-state index in [2.05, 4.69) is 31.9 Å². The lowest BCUT2D eigenvalue weighted by Crippen LogP contribution is -2.61. The molecule has 9 atom stereocenters. The van der Waals surface area contributed by atoms with Gasteiger partial charge in [-0.05, 0) is 50.5 Å². The van der Waals surface area contributed by atoms with E-state index in [0.717, 1.165) is 0 Å². The highest BCUT2D eigenvalue weighted by molar-refractivity contribution is 6.00. The zero-order chi connectivity index (χ0) is 53.1. The molecular formula is C40H69N13O16. The molecule has 0 aliphatic heterocycles. The fraction of sp³-hybridized carbons (Fsp3) is 0.675. The summed E-state index contributed by atoms with van der Waals surface area (Å²) in [6, 6.07) is -14.2. The van der Waals surface area contributed by atoms with Crippen LogP contribution in [0.15, 0.2) is 0 Å². The molecule has 0 bridgehead atoms. The Morgan fingerprint density at radius 3 is 1.36 bits per heavy atom. The van der Waals surface area contributed by atoms with Crippen molar-refractivity contribution in [2.24, 2.45) is 40.5 Å². The highest BCUT2D eigenvalue weighted by Crippen LogP contribution is 2.13. The van der Waals surface area contributed by atoms with E-state index in [9.17, 15) is 77.6 Å². The van der Waals surface area contributed by atoms with Gasteiger partial charge in [-0.3, -0.25) is 52.7 Å². The zero-order valence-corrected chi connectivity index (χ0v) is 39.0. The minimum absolute atomic E-state index is 0.0163. The molecule has 390 valence electrons. The van der Waals surface area contributed by atoms with Gasteiger partial charge in [0, 0.05) is 6.54 Å². The van der Waals surface area contributed by atoms with Gasteiger partial charge in [0.1, 0.15) is 42.3 Å². The Balaban J connectivity index is 6.75. The SMILES string of the molecule is CC[C@H](C)[C@H](NC(=O)[C@H](CC(=O)O)NC(=O)[C@@H](N)CCCCN)C(=O)N[C@@H](CCCNC(N)=O)C(=O)N[C@@H](CC(C)C)C(=O)N[C@@H](CC(=O)O)C(=O)N[C@@H](CC(N)=O)C(=O)N[C@@H](CC(N)=O)C(=O)O. The molecule has 0 fully saturated rings. The van der Waals surface area contributed by atoms with Crippen molar-refractivity contribution < 1.29 is 77.6 Å². The number of hydrogen-bond acceptors (Lipinski definition) is 15. The average molecular weight is 988 g/mol. The molecule has 29 nitrogen and oxygen atoms in total. The van der Waals surface area contributed by atoms with Gasteiger partial charge in [0.2, 0.25) is 53.2 Å². The molecular weight excluding hydrogens is 919 g/mol. The summed E-state index contributed by atoms with van der Waals surface area (Å²) in [5, 5.41) is 46.7. The van der Waals surface area contributed by atoms with E-state index in [-0.39, 0.29) is 38.6 Å². The second kappa shape index (κ2) is 31.7. The first kappa shape index (κ1) is 61.8. The number of unbranched alkanes of at least 4 members (excludes halogenated alkanes) is 1. The number of aliphatic carboxylic acids is 3. The fourth-order valence-electron chi connectivity index (χ4n) is 6.29. The van der Waals surface area contributed by atoms with Gasteiger partial charge < -0.3 is 86.5 Å². The average Bonchev–Trinajstić information content (AvgIpc) is 3.23. The van der Waals surface area contributed by atoms with Crippen LogP contribution in [-0.2, 0) is 57.5 Å². The monoisotopic (exact) mass is 987 g/mol.